The molecule has 1 N–H and O–H groups in total. The zero-order valence-corrected chi connectivity index (χ0v) is 11.7. The van der Waals surface area contributed by atoms with Gasteiger partial charge in [0.2, 0.25) is 0 Å². The fraction of sp³-hybridized carbons (Fsp3) is 0. The van der Waals surface area contributed by atoms with Crippen molar-refractivity contribution in [3.63, 3.8) is 0 Å². The zero-order chi connectivity index (χ0) is 14.0. The van der Waals surface area contributed by atoms with Crippen molar-refractivity contribution in [2.45, 2.75) is 0 Å². The molecule has 0 radical (unpaired) electrons. The molecule has 0 spiro atoms. The first-order valence-corrected chi connectivity index (χ1v) is 6.36. The van der Waals surface area contributed by atoms with Gasteiger partial charge in [0.25, 0.3) is 5.91 Å². The van der Waals surface area contributed by atoms with E-state index in [9.17, 15) is 13.6 Å². The van der Waals surface area contributed by atoms with Crippen molar-refractivity contribution in [2.75, 3.05) is 5.32 Å². The van der Waals surface area contributed by atoms with Crippen LogP contribution in [0.3, 0.4) is 0 Å². The Kier molecular flexibility index (Phi) is 4.17. The van der Waals surface area contributed by atoms with Crippen LogP contribution in [0.1, 0.15) is 10.4 Å². The number of anilines is 1. The molecule has 6 heteroatoms. The second-order valence-electron chi connectivity index (χ2n) is 3.68. The summed E-state index contributed by atoms with van der Waals surface area (Å²) in [5.74, 6) is -2.69. The van der Waals surface area contributed by atoms with Crippen molar-refractivity contribution in [3.8, 4) is 0 Å². The summed E-state index contributed by atoms with van der Waals surface area (Å²) in [6.45, 7) is 0. The standard InChI is InChI=1S/C13H7BrClF2NO/c14-8-5-4-7(6-9(8)15)13(19)18-11-3-1-2-10(16)12(11)17/h1-6H,(H,18,19). The van der Waals surface area contributed by atoms with E-state index in [-0.39, 0.29) is 11.3 Å². The number of hydrogen-bond donors (Lipinski definition) is 1. The quantitative estimate of drug-likeness (QED) is 0.844. The molecule has 0 aliphatic heterocycles. The van der Waals surface area contributed by atoms with Crippen molar-refractivity contribution in [2.24, 2.45) is 0 Å². The van der Waals surface area contributed by atoms with E-state index in [1.165, 1.54) is 24.3 Å². The summed E-state index contributed by atoms with van der Waals surface area (Å²) in [5, 5.41) is 2.64. The van der Waals surface area contributed by atoms with Crippen LogP contribution in [0.25, 0.3) is 0 Å². The maximum Gasteiger partial charge on any atom is 0.255 e. The first kappa shape index (κ1) is 14.0. The summed E-state index contributed by atoms with van der Waals surface area (Å²) in [4.78, 5) is 11.9. The molecule has 1 amide bonds. The first-order valence-electron chi connectivity index (χ1n) is 5.19. The molecule has 0 bridgehead atoms. The van der Waals surface area contributed by atoms with Crippen LogP contribution in [-0.4, -0.2) is 5.91 Å². The Bertz CT molecular complexity index is 649. The molecule has 0 aliphatic carbocycles. The maximum atomic E-state index is 13.4. The molecule has 0 aromatic heterocycles. The van der Waals surface area contributed by atoms with E-state index >= 15 is 0 Å². The van der Waals surface area contributed by atoms with Crippen LogP contribution in [0.15, 0.2) is 40.9 Å². The normalized spacial score (nSPS) is 10.3. The number of nitrogens with one attached hydrogen (secondary N) is 1. The molecule has 0 unspecified atom stereocenters. The lowest BCUT2D eigenvalue weighted by Gasteiger charge is -2.07. The van der Waals surface area contributed by atoms with Crippen molar-refractivity contribution < 1.29 is 13.6 Å². The van der Waals surface area contributed by atoms with Gasteiger partial charge in [0.1, 0.15) is 0 Å². The van der Waals surface area contributed by atoms with E-state index in [1.807, 2.05) is 0 Å². The van der Waals surface area contributed by atoms with Gasteiger partial charge in [-0.2, -0.15) is 0 Å². The summed E-state index contributed by atoms with van der Waals surface area (Å²) in [6.07, 6.45) is 0. The molecule has 98 valence electrons. The third kappa shape index (κ3) is 3.11. The van der Waals surface area contributed by atoms with Gasteiger partial charge < -0.3 is 5.32 Å². The third-order valence-corrected chi connectivity index (χ3v) is 3.61. The smallest absolute Gasteiger partial charge is 0.255 e. The Balaban J connectivity index is 2.26. The van der Waals surface area contributed by atoms with Crippen LogP contribution in [0, 0.1) is 11.6 Å². The van der Waals surface area contributed by atoms with Gasteiger partial charge in [0.05, 0.1) is 10.7 Å². The third-order valence-electron chi connectivity index (χ3n) is 2.38. The molecular weight excluding hydrogens is 340 g/mol. The van der Waals surface area contributed by atoms with Gasteiger partial charge in [0, 0.05) is 10.0 Å². The monoisotopic (exact) mass is 345 g/mol. The Morgan fingerprint density at radius 3 is 2.63 bits per heavy atom. The number of benzene rings is 2. The Hall–Kier alpha value is -1.46. The van der Waals surface area contributed by atoms with E-state index in [1.54, 1.807) is 6.07 Å². The number of amides is 1. The maximum absolute atomic E-state index is 13.4. The summed E-state index contributed by atoms with van der Waals surface area (Å²) in [5.41, 5.74) is 0.0286. The Labute approximate surface area is 121 Å². The van der Waals surface area contributed by atoms with Crippen molar-refractivity contribution in [3.05, 3.63) is 63.1 Å². The van der Waals surface area contributed by atoms with Crippen LogP contribution >= 0.6 is 27.5 Å². The molecule has 19 heavy (non-hydrogen) atoms. The lowest BCUT2D eigenvalue weighted by molar-refractivity contribution is 0.102. The van der Waals surface area contributed by atoms with E-state index in [0.29, 0.717) is 9.50 Å². The SMILES string of the molecule is O=C(Nc1cccc(F)c1F)c1ccc(Br)c(Cl)c1. The summed E-state index contributed by atoms with van der Waals surface area (Å²) in [6, 6.07) is 8.10. The number of halogens is 4. The van der Waals surface area contributed by atoms with Gasteiger partial charge in [0.15, 0.2) is 11.6 Å². The number of rotatable bonds is 2. The molecular formula is C13H7BrClF2NO. The average molecular weight is 347 g/mol. The van der Waals surface area contributed by atoms with E-state index in [0.717, 1.165) is 6.07 Å². The second-order valence-corrected chi connectivity index (χ2v) is 4.95. The minimum Gasteiger partial charge on any atom is -0.319 e. The molecule has 0 atom stereocenters. The van der Waals surface area contributed by atoms with Gasteiger partial charge in [-0.05, 0) is 46.3 Å². The zero-order valence-electron chi connectivity index (χ0n) is 9.38. The van der Waals surface area contributed by atoms with Crippen LogP contribution < -0.4 is 5.32 Å². The molecule has 0 fully saturated rings. The molecule has 2 rings (SSSR count). The van der Waals surface area contributed by atoms with Crippen molar-refractivity contribution >= 4 is 39.1 Å². The van der Waals surface area contributed by atoms with Gasteiger partial charge in [-0.1, -0.05) is 17.7 Å². The van der Waals surface area contributed by atoms with Gasteiger partial charge in [-0.15, -0.1) is 0 Å². The first-order chi connectivity index (χ1) is 8.99. The topological polar surface area (TPSA) is 29.1 Å². The van der Waals surface area contributed by atoms with Crippen LogP contribution in [-0.2, 0) is 0 Å². The van der Waals surface area contributed by atoms with E-state index < -0.39 is 17.5 Å². The molecule has 0 aliphatic rings. The van der Waals surface area contributed by atoms with Crippen LogP contribution in [0.4, 0.5) is 14.5 Å². The molecule has 0 saturated carbocycles. The van der Waals surface area contributed by atoms with Crippen LogP contribution in [0.2, 0.25) is 5.02 Å². The van der Waals surface area contributed by atoms with E-state index in [4.69, 9.17) is 11.6 Å². The lowest BCUT2D eigenvalue weighted by atomic mass is 10.2. The molecule has 2 aromatic rings. The average Bonchev–Trinajstić information content (AvgIpc) is 2.38. The highest BCUT2D eigenvalue weighted by molar-refractivity contribution is 9.10. The predicted octanol–water partition coefficient (Wildman–Crippen LogP) is 4.63. The Morgan fingerprint density at radius 1 is 1.21 bits per heavy atom. The fourth-order valence-corrected chi connectivity index (χ4v) is 1.86. The molecule has 2 nitrogen and oxygen atoms in total. The number of carbonyl (C=O) groups excluding carboxylic acids is 1. The van der Waals surface area contributed by atoms with Crippen molar-refractivity contribution in [1.29, 1.82) is 0 Å². The minimum absolute atomic E-state index is 0.218. The molecule has 2 aromatic carbocycles. The summed E-state index contributed by atoms with van der Waals surface area (Å²) < 4.78 is 27.0. The van der Waals surface area contributed by atoms with Gasteiger partial charge in [-0.25, -0.2) is 8.78 Å². The number of hydrogen-bond acceptors (Lipinski definition) is 1. The predicted molar refractivity (Wildman–Crippen MR) is 73.5 cm³/mol. The summed E-state index contributed by atoms with van der Waals surface area (Å²) in [7, 11) is 0. The highest BCUT2D eigenvalue weighted by Gasteiger charge is 2.13. The van der Waals surface area contributed by atoms with Crippen molar-refractivity contribution in [1.82, 2.24) is 0 Å². The van der Waals surface area contributed by atoms with Gasteiger partial charge in [-0.3, -0.25) is 4.79 Å². The highest BCUT2D eigenvalue weighted by atomic mass is 79.9. The Morgan fingerprint density at radius 2 is 1.95 bits per heavy atom. The van der Waals surface area contributed by atoms with E-state index in [2.05, 4.69) is 21.2 Å². The van der Waals surface area contributed by atoms with Gasteiger partial charge >= 0.3 is 0 Å². The van der Waals surface area contributed by atoms with Crippen LogP contribution in [0.5, 0.6) is 0 Å². The highest BCUT2D eigenvalue weighted by Crippen LogP contribution is 2.24. The second kappa shape index (κ2) is 5.67. The largest absolute Gasteiger partial charge is 0.319 e. The lowest BCUT2D eigenvalue weighted by Crippen LogP contribution is -2.13. The summed E-state index contributed by atoms with van der Waals surface area (Å²) >= 11 is 9.05. The minimum atomic E-state index is -1.10. The fourth-order valence-electron chi connectivity index (χ4n) is 1.43. The molecule has 0 heterocycles. The number of carbonyl (C=O) groups is 1. The molecule has 0 saturated heterocycles.